The van der Waals surface area contributed by atoms with Crippen molar-refractivity contribution in [2.45, 2.75) is 25.8 Å². The van der Waals surface area contributed by atoms with E-state index in [2.05, 4.69) is 9.88 Å². The molecule has 3 rings (SSSR count). The molecule has 4 nitrogen and oxygen atoms in total. The smallest absolute Gasteiger partial charge is 0.259 e. The highest BCUT2D eigenvalue weighted by molar-refractivity contribution is 6.29. The van der Waals surface area contributed by atoms with Crippen LogP contribution in [0.15, 0.2) is 29.1 Å². The molecule has 0 bridgehead atoms. The van der Waals surface area contributed by atoms with Crippen LogP contribution in [0.2, 0.25) is 5.15 Å². The molecule has 0 aromatic carbocycles. The van der Waals surface area contributed by atoms with Crippen molar-refractivity contribution in [2.24, 2.45) is 0 Å². The number of nitrogens with zero attached hydrogens (tertiary/aromatic N) is 3. The van der Waals surface area contributed by atoms with Crippen LogP contribution in [-0.2, 0) is 6.54 Å². The van der Waals surface area contributed by atoms with Crippen molar-refractivity contribution in [3.8, 4) is 0 Å². The largest absolute Gasteiger partial charge is 0.298 e. The summed E-state index contributed by atoms with van der Waals surface area (Å²) in [5, 5.41) is 0.402. The van der Waals surface area contributed by atoms with Gasteiger partial charge in [0.05, 0.1) is 5.69 Å². The summed E-state index contributed by atoms with van der Waals surface area (Å²) >= 11 is 6.02. The lowest BCUT2D eigenvalue weighted by atomic mass is 10.1. The minimum Gasteiger partial charge on any atom is -0.298 e. The molecule has 0 spiro atoms. The second kappa shape index (κ2) is 5.31. The van der Waals surface area contributed by atoms with Gasteiger partial charge in [-0.15, -0.1) is 0 Å². The average Bonchev–Trinajstić information content (AvgIpc) is 2.39. The molecule has 0 unspecified atom stereocenters. The van der Waals surface area contributed by atoms with Gasteiger partial charge in [0.25, 0.3) is 5.56 Å². The lowest BCUT2D eigenvalue weighted by Gasteiger charge is -2.25. The molecular weight excluding hydrogens is 262 g/mol. The summed E-state index contributed by atoms with van der Waals surface area (Å²) in [6.45, 7) is 2.94. The average molecular weight is 278 g/mol. The lowest BCUT2D eigenvalue weighted by Crippen LogP contribution is -2.30. The highest BCUT2D eigenvalue weighted by Gasteiger charge is 2.12. The van der Waals surface area contributed by atoms with E-state index in [0.717, 1.165) is 25.3 Å². The van der Waals surface area contributed by atoms with Crippen molar-refractivity contribution >= 4 is 17.2 Å². The molecule has 0 radical (unpaired) electrons. The molecule has 0 N–H and O–H groups in total. The number of rotatable bonds is 2. The van der Waals surface area contributed by atoms with Crippen molar-refractivity contribution in [1.82, 2.24) is 14.3 Å². The minimum atomic E-state index is -0.109. The zero-order valence-electron chi connectivity index (χ0n) is 10.7. The molecule has 1 aliphatic heterocycles. The van der Waals surface area contributed by atoms with E-state index in [9.17, 15) is 4.79 Å². The van der Waals surface area contributed by atoms with Crippen molar-refractivity contribution in [1.29, 1.82) is 0 Å². The van der Waals surface area contributed by atoms with E-state index in [0.29, 0.717) is 10.8 Å². The molecule has 0 amide bonds. The Morgan fingerprint density at radius 1 is 1.21 bits per heavy atom. The van der Waals surface area contributed by atoms with E-state index in [1.54, 1.807) is 12.1 Å². The number of pyridine rings is 1. The summed E-state index contributed by atoms with van der Waals surface area (Å²) in [6.07, 6.45) is 3.77. The summed E-state index contributed by atoms with van der Waals surface area (Å²) in [5.74, 6) is 0. The summed E-state index contributed by atoms with van der Waals surface area (Å²) in [7, 11) is 0. The van der Waals surface area contributed by atoms with Crippen LogP contribution in [0.4, 0.5) is 0 Å². The summed E-state index contributed by atoms with van der Waals surface area (Å²) in [5.41, 5.74) is 1.34. The molecule has 1 fully saturated rings. The third kappa shape index (κ3) is 2.65. The van der Waals surface area contributed by atoms with Crippen LogP contribution in [0.25, 0.3) is 5.65 Å². The maximum absolute atomic E-state index is 12.1. The molecular formula is C14H16ClN3O. The van der Waals surface area contributed by atoms with E-state index < -0.39 is 0 Å². The Kier molecular flexibility index (Phi) is 3.53. The zero-order chi connectivity index (χ0) is 13.2. The number of piperidine rings is 1. The maximum atomic E-state index is 12.1. The molecule has 1 aliphatic rings. The van der Waals surface area contributed by atoms with Gasteiger partial charge in [-0.2, -0.15) is 0 Å². The number of fused-ring (bicyclic) bond motifs is 1. The van der Waals surface area contributed by atoms with Crippen LogP contribution in [0.1, 0.15) is 25.0 Å². The number of aromatic nitrogens is 2. The van der Waals surface area contributed by atoms with Crippen molar-refractivity contribution in [3.05, 3.63) is 45.5 Å². The third-order valence-corrected chi connectivity index (χ3v) is 3.82. The summed E-state index contributed by atoms with van der Waals surface area (Å²) in [4.78, 5) is 19.0. The highest BCUT2D eigenvalue weighted by Crippen LogP contribution is 2.13. The van der Waals surface area contributed by atoms with Gasteiger partial charge in [0, 0.05) is 12.6 Å². The predicted molar refractivity (Wildman–Crippen MR) is 75.6 cm³/mol. The van der Waals surface area contributed by atoms with Gasteiger partial charge < -0.3 is 0 Å². The Bertz CT molecular complexity index is 647. The molecule has 0 aliphatic carbocycles. The Hall–Kier alpha value is -1.39. The van der Waals surface area contributed by atoms with Crippen molar-refractivity contribution < 1.29 is 0 Å². The van der Waals surface area contributed by atoms with Gasteiger partial charge >= 0.3 is 0 Å². The fraction of sp³-hybridized carbons (Fsp3) is 0.429. The minimum absolute atomic E-state index is 0.109. The van der Waals surface area contributed by atoms with Crippen LogP contribution >= 0.6 is 11.6 Å². The fourth-order valence-corrected chi connectivity index (χ4v) is 2.83. The first-order valence-corrected chi connectivity index (χ1v) is 7.01. The SMILES string of the molecule is O=c1cc(CN2CCCCC2)nc2cccc(Cl)n12. The van der Waals surface area contributed by atoms with Crippen LogP contribution in [-0.4, -0.2) is 27.4 Å². The molecule has 2 aromatic rings. The van der Waals surface area contributed by atoms with Crippen LogP contribution < -0.4 is 5.56 Å². The number of hydrogen-bond acceptors (Lipinski definition) is 3. The van der Waals surface area contributed by atoms with Gasteiger partial charge in [-0.3, -0.25) is 14.1 Å². The Labute approximate surface area is 116 Å². The van der Waals surface area contributed by atoms with Gasteiger partial charge in [-0.25, -0.2) is 4.98 Å². The van der Waals surface area contributed by atoms with E-state index in [4.69, 9.17) is 11.6 Å². The first kappa shape index (κ1) is 12.6. The van der Waals surface area contributed by atoms with E-state index in [1.807, 2.05) is 12.1 Å². The second-order valence-electron chi connectivity index (χ2n) is 4.96. The second-order valence-corrected chi connectivity index (χ2v) is 5.35. The molecule has 0 saturated carbocycles. The molecule has 19 heavy (non-hydrogen) atoms. The van der Waals surface area contributed by atoms with E-state index in [1.165, 1.54) is 23.7 Å². The molecule has 0 atom stereocenters. The van der Waals surface area contributed by atoms with Crippen LogP contribution in [0.3, 0.4) is 0 Å². The molecule has 1 saturated heterocycles. The van der Waals surface area contributed by atoms with Gasteiger partial charge in [-0.05, 0) is 38.1 Å². The van der Waals surface area contributed by atoms with Gasteiger partial charge in [0.1, 0.15) is 10.8 Å². The number of halogens is 1. The maximum Gasteiger partial charge on any atom is 0.259 e. The molecule has 100 valence electrons. The Morgan fingerprint density at radius 3 is 2.79 bits per heavy atom. The first-order chi connectivity index (χ1) is 9.24. The third-order valence-electron chi connectivity index (χ3n) is 3.52. The van der Waals surface area contributed by atoms with E-state index in [-0.39, 0.29) is 5.56 Å². The Morgan fingerprint density at radius 2 is 2.00 bits per heavy atom. The summed E-state index contributed by atoms with van der Waals surface area (Å²) < 4.78 is 1.43. The zero-order valence-corrected chi connectivity index (χ0v) is 11.4. The standard InChI is InChI=1S/C14H16ClN3O/c15-12-5-4-6-13-16-11(9-14(19)18(12)13)10-17-7-2-1-3-8-17/h4-6,9H,1-3,7-8,10H2. The first-order valence-electron chi connectivity index (χ1n) is 6.63. The number of hydrogen-bond donors (Lipinski definition) is 0. The predicted octanol–water partition coefficient (Wildman–Crippen LogP) is 2.33. The normalized spacial score (nSPS) is 16.9. The van der Waals surface area contributed by atoms with Crippen molar-refractivity contribution in [3.63, 3.8) is 0 Å². The molecule has 5 heteroatoms. The van der Waals surface area contributed by atoms with Crippen LogP contribution in [0.5, 0.6) is 0 Å². The van der Waals surface area contributed by atoms with E-state index >= 15 is 0 Å². The van der Waals surface area contributed by atoms with Crippen LogP contribution in [0, 0.1) is 0 Å². The number of likely N-dealkylation sites (tertiary alicyclic amines) is 1. The quantitative estimate of drug-likeness (QED) is 0.791. The van der Waals surface area contributed by atoms with Gasteiger partial charge in [0.2, 0.25) is 0 Å². The van der Waals surface area contributed by atoms with Gasteiger partial charge in [-0.1, -0.05) is 24.1 Å². The Balaban J connectivity index is 1.94. The monoisotopic (exact) mass is 277 g/mol. The van der Waals surface area contributed by atoms with Crippen molar-refractivity contribution in [2.75, 3.05) is 13.1 Å². The summed E-state index contributed by atoms with van der Waals surface area (Å²) in [6, 6.07) is 6.91. The lowest BCUT2D eigenvalue weighted by molar-refractivity contribution is 0.218. The highest BCUT2D eigenvalue weighted by atomic mass is 35.5. The van der Waals surface area contributed by atoms with Gasteiger partial charge in [0.15, 0.2) is 0 Å². The molecule has 2 aromatic heterocycles. The topological polar surface area (TPSA) is 37.6 Å². The molecule has 3 heterocycles. The fourth-order valence-electron chi connectivity index (χ4n) is 2.59.